The van der Waals surface area contributed by atoms with Gasteiger partial charge >= 0.3 is 0 Å². The average molecular weight is 195 g/mol. The molecular formula is C10H13NOS. The Morgan fingerprint density at radius 3 is 2.38 bits per heavy atom. The molecule has 13 heavy (non-hydrogen) atoms. The lowest BCUT2D eigenvalue weighted by Gasteiger charge is -2.10. The third-order valence-electron chi connectivity index (χ3n) is 1.79. The van der Waals surface area contributed by atoms with Gasteiger partial charge in [0, 0.05) is 6.42 Å². The van der Waals surface area contributed by atoms with Crippen LogP contribution < -0.4 is 0 Å². The molecule has 1 aromatic rings. The molecule has 0 heterocycles. The number of benzene rings is 1. The smallest absolute Gasteiger partial charge is 0.104 e. The van der Waals surface area contributed by atoms with Crippen molar-refractivity contribution in [1.82, 2.24) is 4.90 Å². The van der Waals surface area contributed by atoms with E-state index in [0.29, 0.717) is 11.3 Å². The van der Waals surface area contributed by atoms with Crippen molar-refractivity contribution in [2.75, 3.05) is 14.1 Å². The molecule has 0 unspecified atom stereocenters. The van der Waals surface area contributed by atoms with Gasteiger partial charge in [-0.15, -0.1) is 0 Å². The second-order valence-electron chi connectivity index (χ2n) is 3.03. The van der Waals surface area contributed by atoms with Crippen LogP contribution in [0.4, 0.5) is 0 Å². The third-order valence-corrected chi connectivity index (χ3v) is 2.50. The van der Waals surface area contributed by atoms with Crippen LogP contribution in [0.5, 0.6) is 0 Å². The highest BCUT2D eigenvalue weighted by atomic mass is 32.1. The van der Waals surface area contributed by atoms with Crippen LogP contribution in [0.1, 0.15) is 5.56 Å². The summed E-state index contributed by atoms with van der Waals surface area (Å²) in [6.45, 7) is 0. The van der Waals surface area contributed by atoms with Crippen molar-refractivity contribution >= 4 is 16.2 Å². The van der Waals surface area contributed by atoms with Crippen molar-refractivity contribution in [1.29, 1.82) is 0 Å². The molecule has 1 aromatic carbocycles. The fraction of sp³-hybridized carbons (Fsp3) is 0.300. The van der Waals surface area contributed by atoms with E-state index in [1.54, 1.807) is 0 Å². The highest BCUT2D eigenvalue weighted by molar-refractivity contribution is 7.66. The van der Waals surface area contributed by atoms with E-state index in [1.165, 1.54) is 5.56 Å². The normalized spacial score (nSPS) is 10.1. The van der Waals surface area contributed by atoms with E-state index < -0.39 is 0 Å². The summed E-state index contributed by atoms with van der Waals surface area (Å²) in [7, 11) is 3.78. The SMILES string of the molecule is CN(C)C(Cc1ccccc1)=S=O. The fourth-order valence-electron chi connectivity index (χ4n) is 1.03. The molecule has 0 aliphatic rings. The van der Waals surface area contributed by atoms with E-state index >= 15 is 0 Å². The third kappa shape index (κ3) is 3.13. The summed E-state index contributed by atoms with van der Waals surface area (Å²) < 4.78 is 10.7. The van der Waals surface area contributed by atoms with Gasteiger partial charge in [0.05, 0.1) is 4.99 Å². The number of hydrogen-bond donors (Lipinski definition) is 0. The van der Waals surface area contributed by atoms with E-state index in [9.17, 15) is 4.21 Å². The van der Waals surface area contributed by atoms with Crippen LogP contribution in [-0.4, -0.2) is 28.2 Å². The Kier molecular flexibility index (Phi) is 3.86. The first-order valence-electron chi connectivity index (χ1n) is 4.11. The molecule has 0 atom stereocenters. The highest BCUT2D eigenvalue weighted by Gasteiger charge is 2.02. The van der Waals surface area contributed by atoms with Crippen molar-refractivity contribution in [3.05, 3.63) is 35.9 Å². The lowest BCUT2D eigenvalue weighted by Crippen LogP contribution is -2.23. The number of hydrogen-bond acceptors (Lipinski definition) is 1. The summed E-state index contributed by atoms with van der Waals surface area (Å²) >= 11 is 0.565. The molecule has 0 amide bonds. The molecule has 2 nitrogen and oxygen atoms in total. The molecular weight excluding hydrogens is 182 g/mol. The van der Waals surface area contributed by atoms with Crippen LogP contribution in [0.3, 0.4) is 0 Å². The van der Waals surface area contributed by atoms with Crippen molar-refractivity contribution in [3.63, 3.8) is 0 Å². The topological polar surface area (TPSA) is 20.3 Å². The molecule has 0 saturated heterocycles. The van der Waals surface area contributed by atoms with Gasteiger partial charge in [0.25, 0.3) is 0 Å². The number of nitrogens with zero attached hydrogens (tertiary/aromatic N) is 1. The first-order valence-corrected chi connectivity index (χ1v) is 4.85. The quantitative estimate of drug-likeness (QED) is 0.659. The second-order valence-corrected chi connectivity index (χ2v) is 3.67. The maximum absolute atomic E-state index is 10.7. The van der Waals surface area contributed by atoms with Crippen LogP contribution in [0.2, 0.25) is 0 Å². The van der Waals surface area contributed by atoms with Crippen LogP contribution >= 0.6 is 0 Å². The first kappa shape index (κ1) is 10.2. The van der Waals surface area contributed by atoms with Gasteiger partial charge in [-0.05, 0) is 19.7 Å². The molecule has 0 aromatic heterocycles. The highest BCUT2D eigenvalue weighted by Crippen LogP contribution is 2.00. The zero-order valence-corrected chi connectivity index (χ0v) is 8.67. The van der Waals surface area contributed by atoms with Crippen molar-refractivity contribution in [2.45, 2.75) is 6.42 Å². The van der Waals surface area contributed by atoms with E-state index in [1.807, 2.05) is 49.3 Å². The molecule has 3 heteroatoms. The van der Waals surface area contributed by atoms with Gasteiger partial charge in [0.15, 0.2) is 0 Å². The lowest BCUT2D eigenvalue weighted by molar-refractivity contribution is 0.621. The predicted octanol–water partition coefficient (Wildman–Crippen LogP) is 1.13. The minimum Gasteiger partial charge on any atom is -0.273 e. The predicted molar refractivity (Wildman–Crippen MR) is 57.0 cm³/mol. The van der Waals surface area contributed by atoms with Gasteiger partial charge in [-0.3, -0.25) is 4.90 Å². The number of rotatable bonds is 2. The lowest BCUT2D eigenvalue weighted by atomic mass is 10.1. The molecule has 0 aliphatic heterocycles. The summed E-state index contributed by atoms with van der Waals surface area (Å²) in [5.74, 6) is 0. The van der Waals surface area contributed by atoms with Crippen LogP contribution in [0, 0.1) is 0 Å². The molecule has 0 spiro atoms. The molecule has 0 N–H and O–H groups in total. The molecule has 0 radical (unpaired) electrons. The molecule has 0 fully saturated rings. The zero-order valence-electron chi connectivity index (χ0n) is 7.86. The molecule has 0 bridgehead atoms. The standard InChI is InChI=1S/C10H13NOS/c1-11(2)10(13-12)8-9-6-4-3-5-7-9/h3-7H,8H2,1-2H3. The minimum absolute atomic E-state index is 0.565. The second kappa shape index (κ2) is 4.94. The maximum Gasteiger partial charge on any atom is 0.104 e. The van der Waals surface area contributed by atoms with Crippen molar-refractivity contribution in [3.8, 4) is 0 Å². The van der Waals surface area contributed by atoms with Gasteiger partial charge in [-0.1, -0.05) is 30.3 Å². The maximum atomic E-state index is 10.7. The Bertz CT molecular complexity index is 315. The molecule has 70 valence electrons. The Morgan fingerprint density at radius 1 is 1.31 bits per heavy atom. The summed E-state index contributed by atoms with van der Waals surface area (Å²) in [4.78, 5) is 2.70. The van der Waals surface area contributed by atoms with Crippen molar-refractivity contribution < 1.29 is 4.21 Å². The van der Waals surface area contributed by atoms with E-state index in [-0.39, 0.29) is 0 Å². The van der Waals surface area contributed by atoms with Crippen LogP contribution in [0.25, 0.3) is 0 Å². The Labute approximate surface area is 82.3 Å². The van der Waals surface area contributed by atoms with Crippen LogP contribution in [-0.2, 0) is 17.7 Å². The summed E-state index contributed by atoms with van der Waals surface area (Å²) in [5, 5.41) is 0. The van der Waals surface area contributed by atoms with Gasteiger partial charge in [-0.25, -0.2) is 4.21 Å². The Morgan fingerprint density at radius 2 is 1.92 bits per heavy atom. The van der Waals surface area contributed by atoms with Crippen molar-refractivity contribution in [2.24, 2.45) is 0 Å². The summed E-state index contributed by atoms with van der Waals surface area (Å²) in [5.41, 5.74) is 1.18. The molecule has 0 saturated carbocycles. The summed E-state index contributed by atoms with van der Waals surface area (Å²) in [6.07, 6.45) is 0.724. The van der Waals surface area contributed by atoms with Crippen LogP contribution in [0.15, 0.2) is 30.3 Å². The summed E-state index contributed by atoms with van der Waals surface area (Å²) in [6, 6.07) is 10.00. The van der Waals surface area contributed by atoms with Gasteiger partial charge in [-0.2, -0.15) is 0 Å². The molecule has 0 aliphatic carbocycles. The van der Waals surface area contributed by atoms with Gasteiger partial charge in [0.1, 0.15) is 11.3 Å². The largest absolute Gasteiger partial charge is 0.273 e. The monoisotopic (exact) mass is 195 g/mol. The number of likely N-dealkylation sites (N-methyl/N-ethyl adjacent to an activating group) is 1. The molecule has 1 rings (SSSR count). The first-order chi connectivity index (χ1) is 6.24. The van der Waals surface area contributed by atoms with Gasteiger partial charge < -0.3 is 0 Å². The average Bonchev–Trinajstić information content (AvgIpc) is 2.15. The van der Waals surface area contributed by atoms with E-state index in [0.717, 1.165) is 11.4 Å². The Balaban J connectivity index is 2.75. The fourth-order valence-corrected chi connectivity index (χ4v) is 1.41. The minimum atomic E-state index is 0.565. The zero-order chi connectivity index (χ0) is 9.68. The van der Waals surface area contributed by atoms with Gasteiger partial charge in [0.2, 0.25) is 0 Å². The van der Waals surface area contributed by atoms with E-state index in [2.05, 4.69) is 0 Å². The Hall–Kier alpha value is -0.930. The van der Waals surface area contributed by atoms with E-state index in [4.69, 9.17) is 0 Å².